The molecule has 0 bridgehead atoms. The molecule has 0 aliphatic carbocycles. The molecule has 2 heterocycles. The zero-order valence-corrected chi connectivity index (χ0v) is 14.0. The van der Waals surface area contributed by atoms with Crippen LogP contribution in [0.2, 0.25) is 0 Å². The second-order valence-electron chi connectivity index (χ2n) is 5.65. The molecule has 0 spiro atoms. The first kappa shape index (κ1) is 16.1. The molecule has 1 N–H and O–H groups in total. The van der Waals surface area contributed by atoms with Crippen molar-refractivity contribution in [2.24, 2.45) is 5.92 Å². The molecule has 116 valence electrons. The molecule has 5 nitrogen and oxygen atoms in total. The van der Waals surface area contributed by atoms with Gasteiger partial charge in [-0.2, -0.15) is 4.98 Å². The molecule has 0 aliphatic heterocycles. The fourth-order valence-electron chi connectivity index (χ4n) is 2.16. The molecule has 6 heteroatoms. The Morgan fingerprint density at radius 2 is 2.14 bits per heavy atom. The molecule has 0 amide bonds. The highest BCUT2D eigenvalue weighted by Crippen LogP contribution is 2.13. The highest BCUT2D eigenvalue weighted by molar-refractivity contribution is 7.09. The van der Waals surface area contributed by atoms with Gasteiger partial charge in [-0.1, -0.05) is 25.9 Å². The predicted octanol–water partition coefficient (Wildman–Crippen LogP) is 2.99. The number of nitrogens with zero attached hydrogens (tertiary/aromatic N) is 3. The van der Waals surface area contributed by atoms with E-state index in [1.807, 2.05) is 12.3 Å². The van der Waals surface area contributed by atoms with E-state index >= 15 is 0 Å². The molecule has 1 unspecified atom stereocenters. The molecular formula is C15H24N4OS. The van der Waals surface area contributed by atoms with Crippen molar-refractivity contribution in [3.8, 4) is 0 Å². The van der Waals surface area contributed by atoms with Gasteiger partial charge in [0.05, 0.1) is 17.1 Å². The second-order valence-corrected chi connectivity index (χ2v) is 6.71. The van der Waals surface area contributed by atoms with Crippen molar-refractivity contribution < 1.29 is 4.52 Å². The highest BCUT2D eigenvalue weighted by Gasteiger charge is 2.17. The van der Waals surface area contributed by atoms with Gasteiger partial charge in [-0.25, -0.2) is 4.98 Å². The number of thiazole rings is 1. The van der Waals surface area contributed by atoms with Gasteiger partial charge in [-0.15, -0.1) is 11.3 Å². The minimum Gasteiger partial charge on any atom is -0.339 e. The van der Waals surface area contributed by atoms with E-state index in [9.17, 15) is 0 Å². The first-order valence-electron chi connectivity index (χ1n) is 7.54. The van der Waals surface area contributed by atoms with Crippen LogP contribution in [0.3, 0.4) is 0 Å². The number of aromatic nitrogens is 3. The summed E-state index contributed by atoms with van der Waals surface area (Å²) >= 11 is 1.65. The number of aryl methyl sites for hydroxylation is 1. The maximum absolute atomic E-state index is 5.38. The van der Waals surface area contributed by atoms with Crippen molar-refractivity contribution in [2.45, 2.75) is 53.0 Å². The quantitative estimate of drug-likeness (QED) is 0.812. The number of rotatable bonds is 8. The fourth-order valence-corrected chi connectivity index (χ4v) is 2.77. The van der Waals surface area contributed by atoms with Crippen molar-refractivity contribution in [2.75, 3.05) is 6.54 Å². The SMILES string of the molecule is CCCNC(Cc1nc(Cc2csc(C)n2)no1)C(C)C. The van der Waals surface area contributed by atoms with Gasteiger partial charge in [0, 0.05) is 17.8 Å². The van der Waals surface area contributed by atoms with Gasteiger partial charge in [0.25, 0.3) is 0 Å². The smallest absolute Gasteiger partial charge is 0.228 e. The van der Waals surface area contributed by atoms with Crippen LogP contribution in [0.4, 0.5) is 0 Å². The van der Waals surface area contributed by atoms with Crippen LogP contribution in [-0.4, -0.2) is 27.7 Å². The molecule has 0 saturated carbocycles. The van der Waals surface area contributed by atoms with Gasteiger partial charge in [0.2, 0.25) is 5.89 Å². The Kier molecular flexibility index (Phi) is 5.87. The van der Waals surface area contributed by atoms with Gasteiger partial charge >= 0.3 is 0 Å². The molecule has 21 heavy (non-hydrogen) atoms. The number of hydrogen-bond donors (Lipinski definition) is 1. The molecule has 1 atom stereocenters. The van der Waals surface area contributed by atoms with Crippen molar-refractivity contribution in [3.63, 3.8) is 0 Å². The summed E-state index contributed by atoms with van der Waals surface area (Å²) in [6.07, 6.45) is 2.55. The van der Waals surface area contributed by atoms with Crippen LogP contribution in [0, 0.1) is 12.8 Å². The van der Waals surface area contributed by atoms with E-state index in [4.69, 9.17) is 4.52 Å². The van der Waals surface area contributed by atoms with Crippen LogP contribution >= 0.6 is 11.3 Å². The molecule has 0 aliphatic rings. The Bertz CT molecular complexity index is 549. The summed E-state index contributed by atoms with van der Waals surface area (Å²) < 4.78 is 5.38. The molecule has 0 saturated heterocycles. The van der Waals surface area contributed by atoms with Gasteiger partial charge in [-0.05, 0) is 25.8 Å². The zero-order valence-electron chi connectivity index (χ0n) is 13.2. The average Bonchev–Trinajstić information content (AvgIpc) is 3.04. The van der Waals surface area contributed by atoms with E-state index < -0.39 is 0 Å². The Morgan fingerprint density at radius 3 is 2.76 bits per heavy atom. The van der Waals surface area contributed by atoms with Crippen LogP contribution < -0.4 is 5.32 Å². The van der Waals surface area contributed by atoms with Crippen LogP contribution in [0.15, 0.2) is 9.90 Å². The molecule has 2 aromatic heterocycles. The van der Waals surface area contributed by atoms with Crippen molar-refractivity contribution in [1.82, 2.24) is 20.4 Å². The van der Waals surface area contributed by atoms with E-state index in [0.29, 0.717) is 30.1 Å². The summed E-state index contributed by atoms with van der Waals surface area (Å²) in [6, 6.07) is 0.375. The first-order chi connectivity index (χ1) is 10.1. The lowest BCUT2D eigenvalue weighted by molar-refractivity contribution is 0.324. The Balaban J connectivity index is 1.95. The topological polar surface area (TPSA) is 63.8 Å². The predicted molar refractivity (Wildman–Crippen MR) is 84.6 cm³/mol. The van der Waals surface area contributed by atoms with Crippen LogP contribution in [0.25, 0.3) is 0 Å². The largest absolute Gasteiger partial charge is 0.339 e. The fraction of sp³-hybridized carbons (Fsp3) is 0.667. The van der Waals surface area contributed by atoms with Crippen molar-refractivity contribution >= 4 is 11.3 Å². The average molecular weight is 308 g/mol. The maximum Gasteiger partial charge on any atom is 0.228 e. The van der Waals surface area contributed by atoms with E-state index in [0.717, 1.165) is 30.1 Å². The molecule has 2 rings (SSSR count). The van der Waals surface area contributed by atoms with Crippen molar-refractivity contribution in [1.29, 1.82) is 0 Å². The maximum atomic E-state index is 5.38. The molecule has 0 aromatic carbocycles. The summed E-state index contributed by atoms with van der Waals surface area (Å²) in [7, 11) is 0. The zero-order chi connectivity index (χ0) is 15.2. The van der Waals surface area contributed by atoms with Gasteiger partial charge < -0.3 is 9.84 Å². The van der Waals surface area contributed by atoms with E-state index in [1.165, 1.54) is 0 Å². The summed E-state index contributed by atoms with van der Waals surface area (Å²) in [4.78, 5) is 8.92. The van der Waals surface area contributed by atoms with E-state index in [2.05, 4.69) is 41.2 Å². The van der Waals surface area contributed by atoms with E-state index in [-0.39, 0.29) is 0 Å². The van der Waals surface area contributed by atoms with Gasteiger partial charge in [0.15, 0.2) is 5.82 Å². The molecule has 0 fully saturated rings. The number of hydrogen-bond acceptors (Lipinski definition) is 6. The summed E-state index contributed by atoms with van der Waals surface area (Å²) in [5.41, 5.74) is 1.01. The Morgan fingerprint density at radius 1 is 1.33 bits per heavy atom. The summed E-state index contributed by atoms with van der Waals surface area (Å²) in [5.74, 6) is 1.96. The van der Waals surface area contributed by atoms with Crippen LogP contribution in [-0.2, 0) is 12.8 Å². The summed E-state index contributed by atoms with van der Waals surface area (Å²) in [6.45, 7) is 9.61. The number of nitrogens with one attached hydrogen (secondary N) is 1. The minimum absolute atomic E-state index is 0.375. The molecular weight excluding hydrogens is 284 g/mol. The Hall–Kier alpha value is -1.27. The minimum atomic E-state index is 0.375. The lowest BCUT2D eigenvalue weighted by Gasteiger charge is -2.20. The standard InChI is InChI=1S/C15H24N4OS/c1-5-6-16-13(10(2)3)8-15-18-14(19-20-15)7-12-9-21-11(4)17-12/h9-10,13,16H,5-8H2,1-4H3. The van der Waals surface area contributed by atoms with Crippen LogP contribution in [0.1, 0.15) is 49.6 Å². The third-order valence-electron chi connectivity index (χ3n) is 3.37. The van der Waals surface area contributed by atoms with Crippen LogP contribution in [0.5, 0.6) is 0 Å². The second kappa shape index (κ2) is 7.66. The van der Waals surface area contributed by atoms with Crippen molar-refractivity contribution in [3.05, 3.63) is 27.8 Å². The Labute approximate surface area is 130 Å². The third kappa shape index (κ3) is 4.89. The lowest BCUT2D eigenvalue weighted by Crippen LogP contribution is -2.36. The lowest BCUT2D eigenvalue weighted by atomic mass is 10.0. The van der Waals surface area contributed by atoms with Gasteiger partial charge in [0.1, 0.15) is 0 Å². The molecule has 2 aromatic rings. The molecule has 0 radical (unpaired) electrons. The van der Waals surface area contributed by atoms with E-state index in [1.54, 1.807) is 11.3 Å². The first-order valence-corrected chi connectivity index (χ1v) is 8.42. The van der Waals surface area contributed by atoms with Gasteiger partial charge in [-0.3, -0.25) is 0 Å². The third-order valence-corrected chi connectivity index (χ3v) is 4.19. The summed E-state index contributed by atoms with van der Waals surface area (Å²) in [5, 5.41) is 10.7. The highest BCUT2D eigenvalue weighted by atomic mass is 32.1. The normalized spacial score (nSPS) is 13.0. The monoisotopic (exact) mass is 308 g/mol.